The Morgan fingerprint density at radius 1 is 1.27 bits per heavy atom. The van der Waals surface area contributed by atoms with Crippen molar-refractivity contribution in [2.24, 2.45) is 0 Å². The summed E-state index contributed by atoms with van der Waals surface area (Å²) < 4.78 is 0. The van der Waals surface area contributed by atoms with Crippen LogP contribution in [0.25, 0.3) is 0 Å². The quantitative estimate of drug-likeness (QED) is 0.704. The zero-order chi connectivity index (χ0) is 10.7. The van der Waals surface area contributed by atoms with Crippen molar-refractivity contribution >= 4 is 0 Å². The molecule has 0 aromatic heterocycles. The van der Waals surface area contributed by atoms with Gasteiger partial charge < -0.3 is 4.90 Å². The van der Waals surface area contributed by atoms with Crippen molar-refractivity contribution in [3.8, 4) is 0 Å². The number of likely N-dealkylation sites (tertiary alicyclic amines) is 1. The Morgan fingerprint density at radius 2 is 2.00 bits per heavy atom. The summed E-state index contributed by atoms with van der Waals surface area (Å²) in [6.07, 6.45) is 4.80. The number of allylic oxidation sites excluding steroid dienone is 2. The molecule has 0 radical (unpaired) electrons. The van der Waals surface area contributed by atoms with Gasteiger partial charge in [-0.05, 0) is 32.3 Å². The summed E-state index contributed by atoms with van der Waals surface area (Å²) >= 11 is 0. The van der Waals surface area contributed by atoms with Gasteiger partial charge in [-0.1, -0.05) is 36.4 Å². The molecular formula is C14H19N. The molecule has 0 bridgehead atoms. The zero-order valence-electron chi connectivity index (χ0n) is 9.61. The Balaban J connectivity index is 2.18. The van der Waals surface area contributed by atoms with Gasteiger partial charge in [-0.15, -0.1) is 0 Å². The molecule has 1 fully saturated rings. The van der Waals surface area contributed by atoms with Crippen molar-refractivity contribution in [1.82, 2.24) is 4.90 Å². The maximum atomic E-state index is 2.52. The summed E-state index contributed by atoms with van der Waals surface area (Å²) in [6, 6.07) is 11.3. The van der Waals surface area contributed by atoms with Crippen LogP contribution in [0.1, 0.15) is 38.3 Å². The highest BCUT2D eigenvalue weighted by Crippen LogP contribution is 2.31. The van der Waals surface area contributed by atoms with E-state index in [9.17, 15) is 0 Å². The Labute approximate surface area is 92.4 Å². The van der Waals surface area contributed by atoms with Crippen LogP contribution in [0.4, 0.5) is 0 Å². The van der Waals surface area contributed by atoms with Crippen molar-refractivity contribution in [2.45, 2.75) is 32.7 Å². The van der Waals surface area contributed by atoms with Crippen molar-refractivity contribution in [1.29, 1.82) is 0 Å². The molecule has 0 aliphatic carbocycles. The highest BCUT2D eigenvalue weighted by Gasteiger charge is 2.21. The van der Waals surface area contributed by atoms with Gasteiger partial charge in [0.15, 0.2) is 0 Å². The number of rotatable bonds is 2. The van der Waals surface area contributed by atoms with E-state index in [0.29, 0.717) is 6.04 Å². The third kappa shape index (κ3) is 2.06. The van der Waals surface area contributed by atoms with Crippen LogP contribution in [0.15, 0.2) is 42.1 Å². The lowest BCUT2D eigenvalue weighted by Crippen LogP contribution is -2.21. The summed E-state index contributed by atoms with van der Waals surface area (Å²) in [5.74, 6) is 0. The smallest absolute Gasteiger partial charge is 0.0511 e. The number of benzene rings is 1. The molecule has 1 atom stereocenters. The Bertz CT molecular complexity index is 340. The fourth-order valence-corrected chi connectivity index (χ4v) is 2.38. The van der Waals surface area contributed by atoms with E-state index in [4.69, 9.17) is 0 Å². The van der Waals surface area contributed by atoms with Crippen LogP contribution >= 0.6 is 0 Å². The van der Waals surface area contributed by atoms with Crippen molar-refractivity contribution in [3.63, 3.8) is 0 Å². The molecule has 1 aliphatic rings. The lowest BCUT2D eigenvalue weighted by molar-refractivity contribution is 0.309. The van der Waals surface area contributed by atoms with E-state index in [1.54, 1.807) is 0 Å². The minimum atomic E-state index is 0.514. The second-order valence-electron chi connectivity index (χ2n) is 4.16. The molecule has 1 unspecified atom stereocenters. The molecule has 1 heterocycles. The van der Waals surface area contributed by atoms with Gasteiger partial charge >= 0.3 is 0 Å². The maximum Gasteiger partial charge on any atom is 0.0511 e. The van der Waals surface area contributed by atoms with Gasteiger partial charge in [-0.2, -0.15) is 0 Å². The molecule has 0 saturated carbocycles. The first kappa shape index (κ1) is 10.3. The van der Waals surface area contributed by atoms with Crippen LogP contribution in [0.5, 0.6) is 0 Å². The van der Waals surface area contributed by atoms with Gasteiger partial charge in [-0.25, -0.2) is 0 Å². The molecule has 1 aromatic carbocycles. The van der Waals surface area contributed by atoms with Crippen LogP contribution in [0, 0.1) is 0 Å². The molecule has 1 aromatic rings. The third-order valence-corrected chi connectivity index (χ3v) is 3.28. The number of hydrogen-bond acceptors (Lipinski definition) is 1. The van der Waals surface area contributed by atoms with Crippen molar-refractivity contribution in [2.75, 3.05) is 6.54 Å². The third-order valence-electron chi connectivity index (χ3n) is 3.28. The number of hydrogen-bond donors (Lipinski definition) is 0. The molecule has 2 rings (SSSR count). The molecule has 1 nitrogen and oxygen atoms in total. The topological polar surface area (TPSA) is 3.24 Å². The average Bonchev–Trinajstić information content (AvgIpc) is 2.77. The Hall–Kier alpha value is -1.24. The van der Waals surface area contributed by atoms with Gasteiger partial charge in [-0.3, -0.25) is 0 Å². The molecule has 1 heteroatoms. The summed E-state index contributed by atoms with van der Waals surface area (Å²) in [5.41, 5.74) is 2.92. The van der Waals surface area contributed by atoms with E-state index < -0.39 is 0 Å². The van der Waals surface area contributed by atoms with E-state index >= 15 is 0 Å². The SMILES string of the molecule is CC=C1CCCN1C(C)c1ccccc1. The molecule has 1 saturated heterocycles. The van der Waals surface area contributed by atoms with Crippen LogP contribution < -0.4 is 0 Å². The summed E-state index contributed by atoms with van der Waals surface area (Å²) in [4.78, 5) is 2.52. The molecular weight excluding hydrogens is 182 g/mol. The van der Waals surface area contributed by atoms with Crippen molar-refractivity contribution in [3.05, 3.63) is 47.7 Å². The fraction of sp³-hybridized carbons (Fsp3) is 0.429. The van der Waals surface area contributed by atoms with Gasteiger partial charge in [0.2, 0.25) is 0 Å². The van der Waals surface area contributed by atoms with Gasteiger partial charge in [0, 0.05) is 12.2 Å². The standard InChI is InChI=1S/C14H19N/c1-3-14-10-7-11-15(14)12(2)13-8-5-4-6-9-13/h3-6,8-9,12H,7,10-11H2,1-2H3. The lowest BCUT2D eigenvalue weighted by Gasteiger charge is -2.28. The van der Waals surface area contributed by atoms with Gasteiger partial charge in [0.25, 0.3) is 0 Å². The Kier molecular flexibility index (Phi) is 3.10. The average molecular weight is 201 g/mol. The van der Waals surface area contributed by atoms with E-state index in [1.807, 2.05) is 0 Å². The van der Waals surface area contributed by atoms with Crippen LogP contribution in [-0.4, -0.2) is 11.4 Å². The second kappa shape index (κ2) is 4.52. The monoisotopic (exact) mass is 201 g/mol. The molecule has 0 amide bonds. The Morgan fingerprint density at radius 3 is 2.67 bits per heavy atom. The van der Waals surface area contributed by atoms with Crippen LogP contribution in [0.3, 0.4) is 0 Å². The predicted octanol–water partition coefficient (Wildman–Crippen LogP) is 3.75. The molecule has 80 valence electrons. The van der Waals surface area contributed by atoms with Gasteiger partial charge in [0.1, 0.15) is 0 Å². The highest BCUT2D eigenvalue weighted by atomic mass is 15.2. The maximum absolute atomic E-state index is 2.52. The highest BCUT2D eigenvalue weighted by molar-refractivity contribution is 5.21. The summed E-state index contributed by atoms with van der Waals surface area (Å²) in [5, 5.41) is 0. The largest absolute Gasteiger partial charge is 0.368 e. The van der Waals surface area contributed by atoms with Crippen LogP contribution in [0.2, 0.25) is 0 Å². The molecule has 0 N–H and O–H groups in total. The summed E-state index contributed by atoms with van der Waals surface area (Å²) in [7, 11) is 0. The molecule has 1 aliphatic heterocycles. The van der Waals surface area contributed by atoms with E-state index in [2.05, 4.69) is 55.2 Å². The van der Waals surface area contributed by atoms with Crippen molar-refractivity contribution < 1.29 is 0 Å². The summed E-state index contributed by atoms with van der Waals surface area (Å²) in [6.45, 7) is 5.64. The minimum absolute atomic E-state index is 0.514. The first-order valence-corrected chi connectivity index (χ1v) is 5.79. The zero-order valence-corrected chi connectivity index (χ0v) is 9.61. The van der Waals surface area contributed by atoms with Crippen LogP contribution in [-0.2, 0) is 0 Å². The second-order valence-corrected chi connectivity index (χ2v) is 4.16. The van der Waals surface area contributed by atoms with Gasteiger partial charge in [0.05, 0.1) is 6.04 Å². The first-order valence-electron chi connectivity index (χ1n) is 5.79. The first-order chi connectivity index (χ1) is 7.33. The molecule has 0 spiro atoms. The van der Waals surface area contributed by atoms with E-state index in [0.717, 1.165) is 0 Å². The predicted molar refractivity (Wildman–Crippen MR) is 64.6 cm³/mol. The van der Waals surface area contributed by atoms with E-state index in [1.165, 1.54) is 30.6 Å². The number of nitrogens with zero attached hydrogens (tertiary/aromatic N) is 1. The fourth-order valence-electron chi connectivity index (χ4n) is 2.38. The normalized spacial score (nSPS) is 20.9. The lowest BCUT2D eigenvalue weighted by atomic mass is 10.1. The molecule has 15 heavy (non-hydrogen) atoms. The van der Waals surface area contributed by atoms with E-state index in [-0.39, 0.29) is 0 Å². The minimum Gasteiger partial charge on any atom is -0.368 e.